The SMILES string of the molecule is CCOC(=O)[C@]1(C)C(=O)O[C@@H](c2ccc(Cl)cc2Cl)C(C)(C)C1=O. The Hall–Kier alpha value is -1.59. The van der Waals surface area contributed by atoms with E-state index in [1.54, 1.807) is 32.9 Å². The van der Waals surface area contributed by atoms with Gasteiger partial charge >= 0.3 is 11.9 Å². The van der Waals surface area contributed by atoms with Gasteiger partial charge in [-0.15, -0.1) is 0 Å². The van der Waals surface area contributed by atoms with Crippen molar-refractivity contribution in [2.45, 2.75) is 33.8 Å². The lowest BCUT2D eigenvalue weighted by Gasteiger charge is -2.43. The van der Waals surface area contributed by atoms with Gasteiger partial charge in [0, 0.05) is 15.6 Å². The molecule has 1 aliphatic heterocycles. The van der Waals surface area contributed by atoms with Gasteiger partial charge in [0.1, 0.15) is 6.10 Å². The van der Waals surface area contributed by atoms with Crippen molar-refractivity contribution >= 4 is 40.9 Å². The highest BCUT2D eigenvalue weighted by molar-refractivity contribution is 6.35. The Labute approximate surface area is 150 Å². The third-order valence-corrected chi connectivity index (χ3v) is 4.82. The van der Waals surface area contributed by atoms with Crippen LogP contribution in [0.2, 0.25) is 10.0 Å². The summed E-state index contributed by atoms with van der Waals surface area (Å²) in [5.74, 6) is -2.42. The molecule has 0 spiro atoms. The number of ether oxygens (including phenoxy) is 2. The number of Topliss-reactive ketones (excluding diaryl/α,β-unsaturated/α-hetero) is 1. The fourth-order valence-corrected chi connectivity index (χ4v) is 3.35. The fraction of sp³-hybridized carbons (Fsp3) is 0.471. The lowest BCUT2D eigenvalue weighted by molar-refractivity contribution is -0.195. The number of carbonyl (C=O) groups is 3. The second kappa shape index (κ2) is 6.37. The third kappa shape index (κ3) is 2.80. The zero-order chi connectivity index (χ0) is 18.3. The first-order valence-corrected chi connectivity index (χ1v) is 8.20. The van der Waals surface area contributed by atoms with Crippen molar-refractivity contribution in [3.63, 3.8) is 0 Å². The Kier molecular flexibility index (Phi) is 4.98. The fourth-order valence-electron chi connectivity index (χ4n) is 2.85. The summed E-state index contributed by atoms with van der Waals surface area (Å²) in [6.45, 7) is 6.10. The molecule has 1 aromatic carbocycles. The molecule has 0 radical (unpaired) electrons. The van der Waals surface area contributed by atoms with Crippen LogP contribution in [0.3, 0.4) is 0 Å². The number of hydrogen-bond donors (Lipinski definition) is 0. The van der Waals surface area contributed by atoms with Crippen LogP contribution in [0.25, 0.3) is 0 Å². The molecule has 0 N–H and O–H groups in total. The van der Waals surface area contributed by atoms with Crippen molar-refractivity contribution in [2.24, 2.45) is 10.8 Å². The zero-order valence-corrected chi connectivity index (χ0v) is 15.3. The van der Waals surface area contributed by atoms with Gasteiger partial charge in [0.2, 0.25) is 5.41 Å². The monoisotopic (exact) mass is 372 g/mol. The predicted molar refractivity (Wildman–Crippen MR) is 88.8 cm³/mol. The molecule has 1 heterocycles. The maximum atomic E-state index is 13.0. The van der Waals surface area contributed by atoms with Crippen LogP contribution in [-0.2, 0) is 23.9 Å². The first-order chi connectivity index (χ1) is 11.1. The third-order valence-electron chi connectivity index (χ3n) is 4.26. The largest absolute Gasteiger partial charge is 0.465 e. The average Bonchev–Trinajstić information content (AvgIpc) is 2.50. The van der Waals surface area contributed by atoms with Crippen LogP contribution in [0.5, 0.6) is 0 Å². The topological polar surface area (TPSA) is 69.7 Å². The Balaban J connectivity index is 2.50. The second-order valence-electron chi connectivity index (χ2n) is 6.35. The van der Waals surface area contributed by atoms with E-state index in [-0.39, 0.29) is 11.6 Å². The van der Waals surface area contributed by atoms with E-state index >= 15 is 0 Å². The smallest absolute Gasteiger partial charge is 0.331 e. The van der Waals surface area contributed by atoms with E-state index in [0.29, 0.717) is 10.6 Å². The number of esters is 2. The van der Waals surface area contributed by atoms with Gasteiger partial charge in [0.25, 0.3) is 0 Å². The number of hydrogen-bond acceptors (Lipinski definition) is 5. The minimum Gasteiger partial charge on any atom is -0.465 e. The first kappa shape index (κ1) is 18.7. The molecular weight excluding hydrogens is 355 g/mol. The average molecular weight is 373 g/mol. The number of benzene rings is 1. The van der Waals surface area contributed by atoms with Gasteiger partial charge < -0.3 is 9.47 Å². The molecule has 2 atom stereocenters. The normalized spacial score (nSPS) is 26.0. The number of rotatable bonds is 3. The van der Waals surface area contributed by atoms with E-state index < -0.39 is 34.7 Å². The van der Waals surface area contributed by atoms with Crippen molar-refractivity contribution < 1.29 is 23.9 Å². The molecular formula is C17H18Cl2O5. The summed E-state index contributed by atoms with van der Waals surface area (Å²) in [6.07, 6.45) is -0.926. The van der Waals surface area contributed by atoms with Crippen LogP contribution < -0.4 is 0 Å². The van der Waals surface area contributed by atoms with Crippen LogP contribution >= 0.6 is 23.2 Å². The number of halogens is 2. The van der Waals surface area contributed by atoms with Crippen molar-refractivity contribution in [1.82, 2.24) is 0 Å². The number of ketones is 1. The van der Waals surface area contributed by atoms with Gasteiger partial charge in [-0.1, -0.05) is 29.3 Å². The first-order valence-electron chi connectivity index (χ1n) is 7.45. The highest BCUT2D eigenvalue weighted by Gasteiger charge is 2.63. The Bertz CT molecular complexity index is 713. The quantitative estimate of drug-likeness (QED) is 0.596. The van der Waals surface area contributed by atoms with Crippen LogP contribution in [-0.4, -0.2) is 24.3 Å². The minimum atomic E-state index is -1.99. The van der Waals surface area contributed by atoms with Gasteiger partial charge in [-0.25, -0.2) is 0 Å². The summed E-state index contributed by atoms with van der Waals surface area (Å²) in [5.41, 5.74) is -2.71. The summed E-state index contributed by atoms with van der Waals surface area (Å²) >= 11 is 12.1. The molecule has 130 valence electrons. The van der Waals surface area contributed by atoms with Crippen LogP contribution in [0.1, 0.15) is 39.4 Å². The Morgan fingerprint density at radius 1 is 1.25 bits per heavy atom. The Morgan fingerprint density at radius 2 is 1.88 bits per heavy atom. The second-order valence-corrected chi connectivity index (χ2v) is 7.19. The lowest BCUT2D eigenvalue weighted by Crippen LogP contribution is -2.57. The highest BCUT2D eigenvalue weighted by atomic mass is 35.5. The van der Waals surface area contributed by atoms with E-state index in [2.05, 4.69) is 0 Å². The van der Waals surface area contributed by atoms with Gasteiger partial charge in [-0.3, -0.25) is 14.4 Å². The van der Waals surface area contributed by atoms with E-state index in [1.165, 1.54) is 13.0 Å². The minimum absolute atomic E-state index is 0.0574. The molecule has 0 unspecified atom stereocenters. The van der Waals surface area contributed by atoms with Gasteiger partial charge in [-0.2, -0.15) is 0 Å². The van der Waals surface area contributed by atoms with Gasteiger partial charge in [0.05, 0.1) is 12.0 Å². The standard InChI is InChI=1S/C17H18Cl2O5/c1-5-23-14(21)17(4)13(20)16(2,3)12(24-15(17)22)10-7-6-9(18)8-11(10)19/h6-8,12H,5H2,1-4H3/t12-,17+/m0/s1. The highest BCUT2D eigenvalue weighted by Crippen LogP contribution is 2.49. The van der Waals surface area contributed by atoms with E-state index in [0.717, 1.165) is 0 Å². The molecule has 1 fully saturated rings. The molecule has 0 amide bonds. The van der Waals surface area contributed by atoms with Crippen molar-refractivity contribution in [3.8, 4) is 0 Å². The number of cyclic esters (lactones) is 1. The van der Waals surface area contributed by atoms with E-state index in [4.69, 9.17) is 32.7 Å². The molecule has 24 heavy (non-hydrogen) atoms. The van der Waals surface area contributed by atoms with Crippen LogP contribution in [0.4, 0.5) is 0 Å². The molecule has 1 saturated heterocycles. The van der Waals surface area contributed by atoms with E-state index in [1.807, 2.05) is 0 Å². The molecule has 5 nitrogen and oxygen atoms in total. The molecule has 2 rings (SSSR count). The summed E-state index contributed by atoms with van der Waals surface area (Å²) in [5, 5.41) is 0.701. The van der Waals surface area contributed by atoms with Crippen molar-refractivity contribution in [2.75, 3.05) is 6.61 Å². The maximum absolute atomic E-state index is 13.0. The molecule has 0 bridgehead atoms. The van der Waals surface area contributed by atoms with E-state index in [9.17, 15) is 14.4 Å². The molecule has 0 saturated carbocycles. The predicted octanol–water partition coefficient (Wildman–Crippen LogP) is 3.76. The summed E-state index contributed by atoms with van der Waals surface area (Å²) in [7, 11) is 0. The lowest BCUT2D eigenvalue weighted by atomic mass is 9.66. The van der Waals surface area contributed by atoms with Crippen LogP contribution in [0, 0.1) is 10.8 Å². The Morgan fingerprint density at radius 3 is 2.42 bits per heavy atom. The van der Waals surface area contributed by atoms with Crippen molar-refractivity contribution in [3.05, 3.63) is 33.8 Å². The summed E-state index contributed by atoms with van der Waals surface area (Å²) < 4.78 is 10.4. The molecule has 0 aliphatic carbocycles. The molecule has 0 aromatic heterocycles. The maximum Gasteiger partial charge on any atom is 0.331 e. The molecule has 7 heteroatoms. The number of carbonyl (C=O) groups excluding carboxylic acids is 3. The van der Waals surface area contributed by atoms with Gasteiger partial charge in [-0.05, 0) is 39.8 Å². The summed E-state index contributed by atoms with van der Waals surface area (Å²) in [4.78, 5) is 37.7. The molecule has 1 aromatic rings. The zero-order valence-electron chi connectivity index (χ0n) is 13.8. The molecule has 1 aliphatic rings. The van der Waals surface area contributed by atoms with Crippen LogP contribution in [0.15, 0.2) is 18.2 Å². The van der Waals surface area contributed by atoms with Crippen molar-refractivity contribution in [1.29, 1.82) is 0 Å². The summed E-state index contributed by atoms with van der Waals surface area (Å²) in [6, 6.07) is 4.70. The van der Waals surface area contributed by atoms with Gasteiger partial charge in [0.15, 0.2) is 5.78 Å².